The summed E-state index contributed by atoms with van der Waals surface area (Å²) in [6, 6.07) is 7.35. The molecule has 2 aromatic rings. The maximum Gasteiger partial charge on any atom is 0.258 e. The van der Waals surface area contributed by atoms with Crippen LogP contribution in [0.3, 0.4) is 0 Å². The molecular weight excluding hydrogens is 440 g/mol. The zero-order valence-electron chi connectivity index (χ0n) is 11.4. The van der Waals surface area contributed by atoms with Gasteiger partial charge in [0.2, 0.25) is 0 Å². The minimum absolute atomic E-state index is 0.0760. The number of benzene rings is 2. The summed E-state index contributed by atoms with van der Waals surface area (Å²) < 4.78 is 20.5. The summed E-state index contributed by atoms with van der Waals surface area (Å²) >= 11 is 12.5. The van der Waals surface area contributed by atoms with Gasteiger partial charge in [-0.3, -0.25) is 4.79 Å². The highest BCUT2D eigenvalue weighted by molar-refractivity contribution is 9.10. The second-order valence-electron chi connectivity index (χ2n) is 4.28. The van der Waals surface area contributed by atoms with Crippen molar-refractivity contribution in [1.82, 2.24) is 0 Å². The van der Waals surface area contributed by atoms with Crippen molar-refractivity contribution in [3.05, 3.63) is 55.7 Å². The number of nitrogens with one attached hydrogen (secondary N) is 1. The number of hydrogen-bond acceptors (Lipinski definition) is 2. The first kappa shape index (κ1) is 17.2. The van der Waals surface area contributed by atoms with Gasteiger partial charge in [0.1, 0.15) is 5.82 Å². The number of ether oxygens (including phenoxy) is 1. The number of hydrogen-bond donors (Lipinski definition) is 1. The molecule has 0 aromatic heterocycles. The molecule has 7 heteroatoms. The van der Waals surface area contributed by atoms with E-state index in [1.54, 1.807) is 12.1 Å². The normalized spacial score (nSPS) is 10.4. The maximum absolute atomic E-state index is 13.8. The number of carbonyl (C=O) groups is 1. The van der Waals surface area contributed by atoms with Crippen LogP contribution in [0.25, 0.3) is 0 Å². The molecule has 22 heavy (non-hydrogen) atoms. The van der Waals surface area contributed by atoms with E-state index in [4.69, 9.17) is 16.3 Å². The SMILES string of the molecule is CCOc1c(Br)cc(Cl)cc1NC(=O)c1cc(Br)ccc1F. The zero-order chi connectivity index (χ0) is 16.3. The van der Waals surface area contributed by atoms with Crippen LogP contribution in [0.4, 0.5) is 10.1 Å². The summed E-state index contributed by atoms with van der Waals surface area (Å²) in [6.45, 7) is 2.23. The molecule has 0 aliphatic rings. The molecule has 2 rings (SSSR count). The molecule has 1 amide bonds. The predicted molar refractivity (Wildman–Crippen MR) is 92.4 cm³/mol. The lowest BCUT2D eigenvalue weighted by atomic mass is 10.2. The maximum atomic E-state index is 13.8. The molecule has 0 unspecified atom stereocenters. The number of amides is 1. The summed E-state index contributed by atoms with van der Waals surface area (Å²) in [4.78, 5) is 12.3. The molecule has 0 spiro atoms. The molecule has 0 aliphatic heterocycles. The van der Waals surface area contributed by atoms with Gasteiger partial charge in [0, 0.05) is 9.50 Å². The van der Waals surface area contributed by atoms with E-state index < -0.39 is 11.7 Å². The fraction of sp³-hybridized carbons (Fsp3) is 0.133. The Labute approximate surface area is 149 Å². The van der Waals surface area contributed by atoms with Gasteiger partial charge in [0.25, 0.3) is 5.91 Å². The van der Waals surface area contributed by atoms with E-state index in [2.05, 4.69) is 37.2 Å². The van der Waals surface area contributed by atoms with Crippen molar-refractivity contribution in [2.24, 2.45) is 0 Å². The molecule has 2 aromatic carbocycles. The van der Waals surface area contributed by atoms with Crippen LogP contribution in [0.15, 0.2) is 39.3 Å². The molecule has 116 valence electrons. The number of halogens is 4. The second kappa shape index (κ2) is 7.44. The van der Waals surface area contributed by atoms with Crippen LogP contribution in [0.1, 0.15) is 17.3 Å². The molecule has 0 aliphatic carbocycles. The summed E-state index contributed by atoms with van der Waals surface area (Å²) in [6.07, 6.45) is 0. The summed E-state index contributed by atoms with van der Waals surface area (Å²) in [5.41, 5.74) is 0.290. The Bertz CT molecular complexity index is 725. The monoisotopic (exact) mass is 449 g/mol. The lowest BCUT2D eigenvalue weighted by Crippen LogP contribution is -2.15. The van der Waals surface area contributed by atoms with Gasteiger partial charge in [-0.2, -0.15) is 0 Å². The Hall–Kier alpha value is -1.11. The van der Waals surface area contributed by atoms with Gasteiger partial charge in [-0.15, -0.1) is 0 Å². The van der Waals surface area contributed by atoms with Gasteiger partial charge in [0.15, 0.2) is 5.75 Å². The van der Waals surface area contributed by atoms with Gasteiger partial charge in [-0.1, -0.05) is 27.5 Å². The molecule has 3 nitrogen and oxygen atoms in total. The molecular formula is C15H11Br2ClFNO2. The largest absolute Gasteiger partial charge is 0.491 e. The van der Waals surface area contributed by atoms with Crippen LogP contribution in [-0.4, -0.2) is 12.5 Å². The van der Waals surface area contributed by atoms with Crippen LogP contribution >= 0.6 is 43.5 Å². The van der Waals surface area contributed by atoms with Crippen molar-refractivity contribution in [1.29, 1.82) is 0 Å². The smallest absolute Gasteiger partial charge is 0.258 e. The fourth-order valence-electron chi connectivity index (χ4n) is 1.81. The minimum Gasteiger partial charge on any atom is -0.491 e. The highest BCUT2D eigenvalue weighted by atomic mass is 79.9. The summed E-state index contributed by atoms with van der Waals surface area (Å²) in [7, 11) is 0. The van der Waals surface area contributed by atoms with Crippen LogP contribution in [0.2, 0.25) is 5.02 Å². The molecule has 0 radical (unpaired) electrons. The van der Waals surface area contributed by atoms with Gasteiger partial charge < -0.3 is 10.1 Å². The number of carbonyl (C=O) groups excluding carboxylic acids is 1. The third kappa shape index (κ3) is 4.00. The quantitative estimate of drug-likeness (QED) is 0.652. The highest BCUT2D eigenvalue weighted by Gasteiger charge is 2.17. The lowest BCUT2D eigenvalue weighted by Gasteiger charge is -2.14. The molecule has 0 heterocycles. The van der Waals surface area contributed by atoms with Crippen molar-refractivity contribution >= 4 is 55.1 Å². The Morgan fingerprint density at radius 1 is 1.32 bits per heavy atom. The van der Waals surface area contributed by atoms with E-state index in [-0.39, 0.29) is 5.56 Å². The summed E-state index contributed by atoms with van der Waals surface area (Å²) in [5.74, 6) is -0.760. The number of rotatable bonds is 4. The average molecular weight is 452 g/mol. The predicted octanol–water partition coefficient (Wildman–Crippen LogP) is 5.66. The first-order valence-electron chi connectivity index (χ1n) is 6.30. The standard InChI is InChI=1S/C15H11Br2ClFNO2/c1-2-22-14-11(17)6-9(18)7-13(14)20-15(21)10-5-8(16)3-4-12(10)19/h3-7H,2H2,1H3,(H,20,21). The van der Waals surface area contributed by atoms with Gasteiger partial charge in [-0.05, 0) is 53.2 Å². The zero-order valence-corrected chi connectivity index (χ0v) is 15.4. The van der Waals surface area contributed by atoms with Gasteiger partial charge in [-0.25, -0.2) is 4.39 Å². The van der Waals surface area contributed by atoms with Crippen molar-refractivity contribution in [3.8, 4) is 5.75 Å². The third-order valence-electron chi connectivity index (χ3n) is 2.72. The van der Waals surface area contributed by atoms with Crippen molar-refractivity contribution in [2.45, 2.75) is 6.92 Å². The van der Waals surface area contributed by atoms with E-state index >= 15 is 0 Å². The molecule has 1 N–H and O–H groups in total. The second-order valence-corrected chi connectivity index (χ2v) is 6.48. The Morgan fingerprint density at radius 3 is 2.73 bits per heavy atom. The minimum atomic E-state index is -0.611. The average Bonchev–Trinajstić information content (AvgIpc) is 2.45. The Kier molecular flexibility index (Phi) is 5.83. The van der Waals surface area contributed by atoms with Gasteiger partial charge >= 0.3 is 0 Å². The third-order valence-corrected chi connectivity index (χ3v) is 4.02. The van der Waals surface area contributed by atoms with Crippen molar-refractivity contribution in [2.75, 3.05) is 11.9 Å². The van der Waals surface area contributed by atoms with E-state index in [0.29, 0.717) is 32.0 Å². The van der Waals surface area contributed by atoms with E-state index in [1.807, 2.05) is 6.92 Å². The van der Waals surface area contributed by atoms with Crippen molar-refractivity contribution < 1.29 is 13.9 Å². The molecule has 0 saturated carbocycles. The van der Waals surface area contributed by atoms with Crippen LogP contribution in [0.5, 0.6) is 5.75 Å². The van der Waals surface area contributed by atoms with E-state index in [1.165, 1.54) is 18.2 Å². The van der Waals surface area contributed by atoms with Crippen molar-refractivity contribution in [3.63, 3.8) is 0 Å². The van der Waals surface area contributed by atoms with Gasteiger partial charge in [0.05, 0.1) is 22.3 Å². The van der Waals surface area contributed by atoms with E-state index in [9.17, 15) is 9.18 Å². The topological polar surface area (TPSA) is 38.3 Å². The molecule has 0 fully saturated rings. The first-order valence-corrected chi connectivity index (χ1v) is 8.27. The van der Waals surface area contributed by atoms with Crippen LogP contribution in [0, 0.1) is 5.82 Å². The summed E-state index contributed by atoms with van der Waals surface area (Å²) in [5, 5.41) is 3.04. The lowest BCUT2D eigenvalue weighted by molar-refractivity contribution is 0.102. The Balaban J connectivity index is 2.37. The van der Waals surface area contributed by atoms with Crippen LogP contribution in [-0.2, 0) is 0 Å². The number of anilines is 1. The fourth-order valence-corrected chi connectivity index (χ4v) is 3.09. The first-order chi connectivity index (χ1) is 10.4. The molecule has 0 bridgehead atoms. The van der Waals surface area contributed by atoms with E-state index in [0.717, 1.165) is 0 Å². The molecule has 0 atom stereocenters. The van der Waals surface area contributed by atoms with Crippen LogP contribution < -0.4 is 10.1 Å². The Morgan fingerprint density at radius 2 is 2.05 bits per heavy atom. The molecule has 0 saturated heterocycles. The highest BCUT2D eigenvalue weighted by Crippen LogP contribution is 2.37.